The molecule has 0 radical (unpaired) electrons. The first-order chi connectivity index (χ1) is 9.74. The third-order valence-electron chi connectivity index (χ3n) is 5.46. The molecule has 3 aliphatic rings. The van der Waals surface area contributed by atoms with Crippen LogP contribution >= 0.6 is 12.4 Å². The number of hydrogen-bond acceptors (Lipinski definition) is 3. The second-order valence-corrected chi connectivity index (χ2v) is 6.98. The predicted octanol–water partition coefficient (Wildman–Crippen LogP) is 2.01. The molecule has 0 aromatic heterocycles. The van der Waals surface area contributed by atoms with Crippen molar-refractivity contribution in [2.75, 3.05) is 26.2 Å². The van der Waals surface area contributed by atoms with Crippen LogP contribution in [0.3, 0.4) is 0 Å². The highest BCUT2D eigenvalue weighted by molar-refractivity contribution is 5.85. The molecule has 2 aliphatic heterocycles. The van der Waals surface area contributed by atoms with Crippen molar-refractivity contribution in [3.8, 4) is 0 Å². The van der Waals surface area contributed by atoms with Gasteiger partial charge in [-0.25, -0.2) is 0 Å². The summed E-state index contributed by atoms with van der Waals surface area (Å²) in [6, 6.07) is 0.809. The van der Waals surface area contributed by atoms with Crippen LogP contribution in [0.25, 0.3) is 0 Å². The van der Waals surface area contributed by atoms with Crippen LogP contribution in [-0.2, 0) is 4.79 Å². The van der Waals surface area contributed by atoms with E-state index in [-0.39, 0.29) is 18.4 Å². The summed E-state index contributed by atoms with van der Waals surface area (Å²) >= 11 is 0. The summed E-state index contributed by atoms with van der Waals surface area (Å²) in [5.74, 6) is 1.14. The van der Waals surface area contributed by atoms with Gasteiger partial charge in [-0.3, -0.25) is 9.69 Å². The van der Waals surface area contributed by atoms with Crippen molar-refractivity contribution >= 4 is 18.3 Å². The number of amides is 1. The standard InChI is InChI=1S/C16H29N3O.ClH/c17-14-7-4-9-18(11-14)12-16(20)19-10-3-6-13-5-1-2-8-15(13)19;/h13-15H,1-12,17H2;1H/t13?,14-,15?;/m1./s1. The molecule has 122 valence electrons. The van der Waals surface area contributed by atoms with Gasteiger partial charge in [0.25, 0.3) is 0 Å². The Kier molecular flexibility index (Phi) is 6.33. The van der Waals surface area contributed by atoms with Crippen molar-refractivity contribution in [3.63, 3.8) is 0 Å². The molecule has 2 heterocycles. The van der Waals surface area contributed by atoms with Gasteiger partial charge in [0.2, 0.25) is 5.91 Å². The third-order valence-corrected chi connectivity index (χ3v) is 5.46. The number of rotatable bonds is 2. The van der Waals surface area contributed by atoms with Crippen LogP contribution in [0, 0.1) is 5.92 Å². The van der Waals surface area contributed by atoms with Crippen LogP contribution in [0.15, 0.2) is 0 Å². The van der Waals surface area contributed by atoms with Gasteiger partial charge < -0.3 is 10.6 Å². The fourth-order valence-electron chi connectivity index (χ4n) is 4.45. The number of nitrogens with two attached hydrogens (primary N) is 1. The molecular weight excluding hydrogens is 286 g/mol. The Balaban J connectivity index is 0.00000161. The van der Waals surface area contributed by atoms with Gasteiger partial charge in [0.05, 0.1) is 6.54 Å². The van der Waals surface area contributed by atoms with Crippen molar-refractivity contribution in [1.29, 1.82) is 0 Å². The van der Waals surface area contributed by atoms with E-state index >= 15 is 0 Å². The lowest BCUT2D eigenvalue weighted by Crippen LogP contribution is -2.54. The Morgan fingerprint density at radius 1 is 1.00 bits per heavy atom. The molecule has 5 heteroatoms. The quantitative estimate of drug-likeness (QED) is 0.848. The Hall–Kier alpha value is -0.320. The van der Waals surface area contributed by atoms with Gasteiger partial charge in [-0.2, -0.15) is 0 Å². The van der Waals surface area contributed by atoms with E-state index in [4.69, 9.17) is 5.73 Å². The molecule has 3 rings (SSSR count). The van der Waals surface area contributed by atoms with Crippen LogP contribution < -0.4 is 5.73 Å². The Labute approximate surface area is 134 Å². The van der Waals surface area contributed by atoms with Crippen molar-refractivity contribution in [2.45, 2.75) is 63.5 Å². The Morgan fingerprint density at radius 3 is 2.52 bits per heavy atom. The second-order valence-electron chi connectivity index (χ2n) is 6.98. The normalized spacial score (nSPS) is 34.0. The average molecular weight is 316 g/mol. The predicted molar refractivity (Wildman–Crippen MR) is 87.6 cm³/mol. The van der Waals surface area contributed by atoms with Crippen molar-refractivity contribution in [1.82, 2.24) is 9.80 Å². The van der Waals surface area contributed by atoms with Crippen molar-refractivity contribution in [3.05, 3.63) is 0 Å². The molecule has 1 aliphatic carbocycles. The van der Waals surface area contributed by atoms with Gasteiger partial charge in [-0.05, 0) is 51.0 Å². The highest BCUT2D eigenvalue weighted by Gasteiger charge is 2.36. The molecule has 2 saturated heterocycles. The summed E-state index contributed by atoms with van der Waals surface area (Å²) in [5.41, 5.74) is 6.02. The molecule has 2 unspecified atom stereocenters. The summed E-state index contributed by atoms with van der Waals surface area (Å²) in [6.45, 7) is 3.52. The van der Waals surface area contributed by atoms with Crippen molar-refractivity contribution < 1.29 is 4.79 Å². The molecule has 0 bridgehead atoms. The van der Waals surface area contributed by atoms with Gasteiger partial charge in [0.15, 0.2) is 0 Å². The third kappa shape index (κ3) is 4.11. The highest BCUT2D eigenvalue weighted by Crippen LogP contribution is 2.35. The molecule has 2 N–H and O–H groups in total. The summed E-state index contributed by atoms with van der Waals surface area (Å²) in [7, 11) is 0. The zero-order valence-electron chi connectivity index (χ0n) is 13.0. The van der Waals surface area contributed by atoms with Gasteiger partial charge in [0, 0.05) is 25.2 Å². The molecule has 3 fully saturated rings. The van der Waals surface area contributed by atoms with E-state index in [1.54, 1.807) is 0 Å². The summed E-state index contributed by atoms with van der Waals surface area (Å²) in [6.07, 6.45) is 10.0. The smallest absolute Gasteiger partial charge is 0.237 e. The fraction of sp³-hybridized carbons (Fsp3) is 0.938. The maximum atomic E-state index is 12.7. The Bertz CT molecular complexity index is 350. The molecule has 0 aromatic rings. The number of carbonyl (C=O) groups excluding carboxylic acids is 1. The molecule has 0 aromatic carbocycles. The minimum Gasteiger partial charge on any atom is -0.338 e. The van der Waals surface area contributed by atoms with E-state index in [2.05, 4.69) is 9.80 Å². The first kappa shape index (κ1) is 17.0. The number of carbonyl (C=O) groups is 1. The number of fused-ring (bicyclic) bond motifs is 1. The SMILES string of the molecule is Cl.N[C@@H]1CCCN(CC(=O)N2CCCC3CCCCC32)C1. The monoisotopic (exact) mass is 315 g/mol. The molecule has 21 heavy (non-hydrogen) atoms. The van der Waals surface area contributed by atoms with Crippen LogP contribution in [0.1, 0.15) is 51.4 Å². The topological polar surface area (TPSA) is 49.6 Å². The zero-order valence-corrected chi connectivity index (χ0v) is 13.8. The lowest BCUT2D eigenvalue weighted by molar-refractivity contribution is -0.139. The maximum absolute atomic E-state index is 12.7. The van der Waals surface area contributed by atoms with Gasteiger partial charge >= 0.3 is 0 Å². The van der Waals surface area contributed by atoms with Gasteiger partial charge in [0.1, 0.15) is 0 Å². The summed E-state index contributed by atoms with van der Waals surface area (Å²) in [5, 5.41) is 0. The van der Waals surface area contributed by atoms with Crippen LogP contribution in [0.2, 0.25) is 0 Å². The number of hydrogen-bond donors (Lipinski definition) is 1. The first-order valence-electron chi connectivity index (χ1n) is 8.51. The molecule has 3 atom stereocenters. The summed E-state index contributed by atoms with van der Waals surface area (Å²) in [4.78, 5) is 17.2. The van der Waals surface area contributed by atoms with Gasteiger partial charge in [-0.15, -0.1) is 12.4 Å². The number of piperidine rings is 2. The van der Waals surface area contributed by atoms with E-state index in [9.17, 15) is 4.79 Å². The van der Waals surface area contributed by atoms with Crippen LogP contribution in [0.4, 0.5) is 0 Å². The average Bonchev–Trinajstić information content (AvgIpc) is 2.46. The van der Waals surface area contributed by atoms with Crippen molar-refractivity contribution in [2.24, 2.45) is 11.7 Å². The molecule has 4 nitrogen and oxygen atoms in total. The van der Waals surface area contributed by atoms with Crippen LogP contribution in [-0.4, -0.2) is 54.0 Å². The number of likely N-dealkylation sites (tertiary alicyclic amines) is 2. The number of nitrogens with zero attached hydrogens (tertiary/aromatic N) is 2. The van der Waals surface area contributed by atoms with E-state index < -0.39 is 0 Å². The second kappa shape index (κ2) is 7.80. The molecule has 1 amide bonds. The van der Waals surface area contributed by atoms with Crippen LogP contribution in [0.5, 0.6) is 0 Å². The van der Waals surface area contributed by atoms with Gasteiger partial charge in [-0.1, -0.05) is 12.8 Å². The first-order valence-corrected chi connectivity index (χ1v) is 8.51. The van der Waals surface area contributed by atoms with E-state index in [0.29, 0.717) is 18.5 Å². The fourth-order valence-corrected chi connectivity index (χ4v) is 4.45. The minimum atomic E-state index is 0. The summed E-state index contributed by atoms with van der Waals surface area (Å²) < 4.78 is 0. The lowest BCUT2D eigenvalue weighted by atomic mass is 9.78. The molecule has 1 saturated carbocycles. The maximum Gasteiger partial charge on any atom is 0.237 e. The Morgan fingerprint density at radius 2 is 1.71 bits per heavy atom. The highest BCUT2D eigenvalue weighted by atomic mass is 35.5. The molecular formula is C16H30ClN3O. The largest absolute Gasteiger partial charge is 0.338 e. The lowest BCUT2D eigenvalue weighted by Gasteiger charge is -2.45. The number of halogens is 1. The van der Waals surface area contributed by atoms with E-state index in [1.165, 1.54) is 38.5 Å². The van der Waals surface area contributed by atoms with E-state index in [0.717, 1.165) is 38.4 Å². The van der Waals surface area contributed by atoms with E-state index in [1.807, 2.05) is 0 Å². The molecule has 0 spiro atoms. The zero-order chi connectivity index (χ0) is 13.9. The minimum absolute atomic E-state index is 0.